The van der Waals surface area contributed by atoms with E-state index < -0.39 is 10.0 Å². The quantitative estimate of drug-likeness (QED) is 0.793. The fourth-order valence-corrected chi connectivity index (χ4v) is 4.05. The number of likely N-dealkylation sites (tertiary alicyclic amines) is 1. The Morgan fingerprint density at radius 2 is 2.00 bits per heavy atom. The topological polar surface area (TPSA) is 61.4 Å². The van der Waals surface area contributed by atoms with E-state index in [0.29, 0.717) is 11.4 Å². The van der Waals surface area contributed by atoms with Crippen molar-refractivity contribution < 1.29 is 8.42 Å². The van der Waals surface area contributed by atoms with Gasteiger partial charge in [-0.3, -0.25) is 0 Å². The molecular formula is C15H25N3O2S. The van der Waals surface area contributed by atoms with Crippen LogP contribution in [0.1, 0.15) is 25.3 Å². The number of benzene rings is 1. The Bertz CT molecular complexity index is 554. The lowest BCUT2D eigenvalue weighted by atomic mass is 10.2. The normalized spacial score (nSPS) is 18.0. The Balaban J connectivity index is 2.01. The number of hydrogen-bond acceptors (Lipinski definition) is 4. The molecule has 0 aromatic heterocycles. The van der Waals surface area contributed by atoms with Crippen molar-refractivity contribution in [3.05, 3.63) is 29.8 Å². The van der Waals surface area contributed by atoms with Gasteiger partial charge in [0.1, 0.15) is 0 Å². The molecule has 0 saturated carbocycles. The molecule has 0 amide bonds. The van der Waals surface area contributed by atoms with Crippen LogP contribution < -0.4 is 10.0 Å². The molecule has 21 heavy (non-hydrogen) atoms. The van der Waals surface area contributed by atoms with Crippen molar-refractivity contribution in [3.8, 4) is 0 Å². The molecule has 1 aromatic rings. The minimum absolute atomic E-state index is 0.0824. The van der Waals surface area contributed by atoms with E-state index in [-0.39, 0.29) is 6.04 Å². The number of sulfonamides is 1. The van der Waals surface area contributed by atoms with Gasteiger partial charge in [-0.2, -0.15) is 0 Å². The molecule has 118 valence electrons. The van der Waals surface area contributed by atoms with Crippen molar-refractivity contribution in [2.24, 2.45) is 0 Å². The molecule has 1 aliphatic rings. The van der Waals surface area contributed by atoms with Crippen LogP contribution in [0.2, 0.25) is 0 Å². The van der Waals surface area contributed by atoms with Crippen molar-refractivity contribution in [1.29, 1.82) is 0 Å². The third kappa shape index (κ3) is 4.78. The number of nitrogens with zero attached hydrogens (tertiary/aromatic N) is 1. The molecule has 5 nitrogen and oxygen atoms in total. The highest BCUT2D eigenvalue weighted by atomic mass is 32.2. The van der Waals surface area contributed by atoms with Crippen LogP contribution in [-0.2, 0) is 16.6 Å². The fraction of sp³-hybridized carbons (Fsp3) is 0.600. The highest BCUT2D eigenvalue weighted by Gasteiger charge is 2.20. The molecular weight excluding hydrogens is 286 g/mol. The number of hydrogen-bond donors (Lipinski definition) is 2. The zero-order chi connectivity index (χ0) is 15.3. The van der Waals surface area contributed by atoms with Crippen LogP contribution in [0, 0.1) is 0 Å². The summed E-state index contributed by atoms with van der Waals surface area (Å²) in [5, 5.41) is 3.03. The van der Waals surface area contributed by atoms with E-state index in [9.17, 15) is 8.42 Å². The second kappa shape index (κ2) is 7.35. The van der Waals surface area contributed by atoms with Crippen molar-refractivity contribution >= 4 is 10.0 Å². The first kappa shape index (κ1) is 16.4. The maximum absolute atomic E-state index is 12.4. The predicted molar refractivity (Wildman–Crippen MR) is 84.7 cm³/mol. The van der Waals surface area contributed by atoms with Crippen LogP contribution in [-0.4, -0.2) is 46.0 Å². The van der Waals surface area contributed by atoms with Crippen LogP contribution >= 0.6 is 0 Å². The third-order valence-electron chi connectivity index (χ3n) is 3.68. The summed E-state index contributed by atoms with van der Waals surface area (Å²) in [4.78, 5) is 2.65. The van der Waals surface area contributed by atoms with Crippen molar-refractivity contribution in [3.63, 3.8) is 0 Å². The summed E-state index contributed by atoms with van der Waals surface area (Å²) in [6.45, 7) is 5.50. The van der Waals surface area contributed by atoms with E-state index in [4.69, 9.17) is 0 Å². The minimum atomic E-state index is -3.45. The van der Waals surface area contributed by atoms with Gasteiger partial charge < -0.3 is 10.2 Å². The van der Waals surface area contributed by atoms with Crippen LogP contribution in [0.4, 0.5) is 0 Å². The Hall–Kier alpha value is -0.950. The molecule has 0 bridgehead atoms. The van der Waals surface area contributed by atoms with Gasteiger partial charge in [0.25, 0.3) is 0 Å². The lowest BCUT2D eigenvalue weighted by Gasteiger charge is -2.21. The predicted octanol–water partition coefficient (Wildman–Crippen LogP) is 1.17. The summed E-state index contributed by atoms with van der Waals surface area (Å²) < 4.78 is 27.6. The standard InChI is InChI=1S/C15H25N3O2S/c1-13(12-18-8-3-4-9-18)17-21(19,20)15-7-5-6-14(10-15)11-16-2/h5-7,10,13,16-17H,3-4,8-9,11-12H2,1-2H3. The first-order valence-corrected chi connectivity index (χ1v) is 8.98. The summed E-state index contributed by atoms with van der Waals surface area (Å²) in [6.07, 6.45) is 2.43. The van der Waals surface area contributed by atoms with Gasteiger partial charge >= 0.3 is 0 Å². The first-order chi connectivity index (χ1) is 10.0. The van der Waals surface area contributed by atoms with Crippen molar-refractivity contribution in [1.82, 2.24) is 14.9 Å². The van der Waals surface area contributed by atoms with Gasteiger partial charge in [-0.25, -0.2) is 13.1 Å². The smallest absolute Gasteiger partial charge is 0.240 e. The molecule has 6 heteroatoms. The summed E-state index contributed by atoms with van der Waals surface area (Å²) in [5.74, 6) is 0. The SMILES string of the molecule is CNCc1cccc(S(=O)(=O)NC(C)CN2CCCC2)c1. The van der Waals surface area contributed by atoms with Crippen LogP contribution in [0.3, 0.4) is 0 Å². The minimum Gasteiger partial charge on any atom is -0.316 e. The molecule has 1 aromatic carbocycles. The Labute approximate surface area is 127 Å². The molecule has 1 unspecified atom stereocenters. The summed E-state index contributed by atoms with van der Waals surface area (Å²) in [7, 11) is -1.60. The lowest BCUT2D eigenvalue weighted by molar-refractivity contribution is 0.313. The lowest BCUT2D eigenvalue weighted by Crippen LogP contribution is -2.41. The maximum atomic E-state index is 12.4. The third-order valence-corrected chi connectivity index (χ3v) is 5.26. The first-order valence-electron chi connectivity index (χ1n) is 7.49. The van der Waals surface area contributed by atoms with Crippen LogP contribution in [0.15, 0.2) is 29.2 Å². The largest absolute Gasteiger partial charge is 0.316 e. The summed E-state index contributed by atoms with van der Waals surface area (Å²) in [6, 6.07) is 6.99. The zero-order valence-corrected chi connectivity index (χ0v) is 13.6. The maximum Gasteiger partial charge on any atom is 0.240 e. The van der Waals surface area contributed by atoms with E-state index >= 15 is 0 Å². The van der Waals surface area contributed by atoms with Gasteiger partial charge in [-0.15, -0.1) is 0 Å². The van der Waals surface area contributed by atoms with Gasteiger partial charge in [0, 0.05) is 19.1 Å². The molecule has 2 rings (SSSR count). The molecule has 1 atom stereocenters. The summed E-state index contributed by atoms with van der Waals surface area (Å²) in [5.41, 5.74) is 0.965. The highest BCUT2D eigenvalue weighted by molar-refractivity contribution is 7.89. The van der Waals surface area contributed by atoms with Gasteiger partial charge in [-0.05, 0) is 57.6 Å². The van der Waals surface area contributed by atoms with E-state index in [1.54, 1.807) is 18.2 Å². The van der Waals surface area contributed by atoms with Crippen LogP contribution in [0.25, 0.3) is 0 Å². The average molecular weight is 311 g/mol. The van der Waals surface area contributed by atoms with E-state index in [0.717, 1.165) is 25.2 Å². The van der Waals surface area contributed by atoms with E-state index in [2.05, 4.69) is 14.9 Å². The van der Waals surface area contributed by atoms with Crippen LogP contribution in [0.5, 0.6) is 0 Å². The Morgan fingerprint density at radius 1 is 1.29 bits per heavy atom. The van der Waals surface area contributed by atoms with Crippen molar-refractivity contribution in [2.75, 3.05) is 26.7 Å². The summed E-state index contributed by atoms with van der Waals surface area (Å²) >= 11 is 0. The number of nitrogens with one attached hydrogen (secondary N) is 2. The monoisotopic (exact) mass is 311 g/mol. The molecule has 0 spiro atoms. The number of rotatable bonds is 7. The van der Waals surface area contributed by atoms with E-state index in [1.807, 2.05) is 20.0 Å². The molecule has 0 radical (unpaired) electrons. The van der Waals surface area contributed by atoms with Gasteiger partial charge in [0.2, 0.25) is 10.0 Å². The average Bonchev–Trinajstić information content (AvgIpc) is 2.91. The second-order valence-electron chi connectivity index (χ2n) is 5.71. The molecule has 1 saturated heterocycles. The van der Waals surface area contributed by atoms with Gasteiger partial charge in [0.15, 0.2) is 0 Å². The fourth-order valence-electron chi connectivity index (χ4n) is 2.75. The van der Waals surface area contributed by atoms with Gasteiger partial charge in [-0.1, -0.05) is 12.1 Å². The van der Waals surface area contributed by atoms with Gasteiger partial charge in [0.05, 0.1) is 4.90 Å². The highest BCUT2D eigenvalue weighted by Crippen LogP contribution is 2.13. The second-order valence-corrected chi connectivity index (χ2v) is 7.42. The molecule has 1 fully saturated rings. The Morgan fingerprint density at radius 3 is 2.67 bits per heavy atom. The molecule has 1 aliphatic heterocycles. The Kier molecular flexibility index (Phi) is 5.75. The molecule has 2 N–H and O–H groups in total. The van der Waals surface area contributed by atoms with E-state index in [1.165, 1.54) is 12.8 Å². The zero-order valence-electron chi connectivity index (χ0n) is 12.8. The molecule has 1 heterocycles. The molecule has 0 aliphatic carbocycles. The van der Waals surface area contributed by atoms with Crippen molar-refractivity contribution in [2.45, 2.75) is 37.2 Å².